The number of benzene rings is 1. The second-order valence-electron chi connectivity index (χ2n) is 6.39. The van der Waals surface area contributed by atoms with E-state index in [1.165, 1.54) is 0 Å². The lowest BCUT2D eigenvalue weighted by Gasteiger charge is -2.31. The number of hydrogen-bond acceptors (Lipinski definition) is 4. The Bertz CT molecular complexity index is 781. The van der Waals surface area contributed by atoms with Gasteiger partial charge in [0.25, 0.3) is 0 Å². The molecule has 9 heteroatoms. The Hall–Kier alpha value is -0.480. The van der Waals surface area contributed by atoms with E-state index in [4.69, 9.17) is 0 Å². The highest BCUT2D eigenvalue weighted by Crippen LogP contribution is 2.33. The Morgan fingerprint density at radius 3 is 2.12 bits per heavy atom. The molecule has 1 saturated carbocycles. The number of sulfonamides is 2. The number of rotatable bonds is 6. The molecule has 134 valence electrons. The maximum absolute atomic E-state index is 12.3. The van der Waals surface area contributed by atoms with E-state index in [2.05, 4.69) is 20.7 Å². The maximum Gasteiger partial charge on any atom is 0.240 e. The third-order valence-electron chi connectivity index (χ3n) is 4.56. The van der Waals surface area contributed by atoms with Crippen LogP contribution in [0.1, 0.15) is 25.7 Å². The van der Waals surface area contributed by atoms with E-state index >= 15 is 0 Å². The van der Waals surface area contributed by atoms with Gasteiger partial charge in [-0.25, -0.2) is 25.9 Å². The summed E-state index contributed by atoms with van der Waals surface area (Å²) in [5, 5.41) is -0.176. The molecular formula is C15H21BrN2O4S2. The van der Waals surface area contributed by atoms with E-state index in [9.17, 15) is 16.8 Å². The number of nitrogens with one attached hydrogen (secondary N) is 1. The van der Waals surface area contributed by atoms with Gasteiger partial charge in [0.05, 0.1) is 10.1 Å². The fourth-order valence-corrected chi connectivity index (χ4v) is 6.12. The molecule has 2 fully saturated rings. The van der Waals surface area contributed by atoms with Crippen LogP contribution in [0.2, 0.25) is 0 Å². The SMILES string of the molecule is O=S(=O)(NCC1CCN(S(=O)(=O)C2CC2)CC1)c1ccc(Br)cc1. The Morgan fingerprint density at radius 1 is 1.00 bits per heavy atom. The highest BCUT2D eigenvalue weighted by atomic mass is 79.9. The number of piperidine rings is 1. The summed E-state index contributed by atoms with van der Waals surface area (Å²) in [4.78, 5) is 0.236. The molecule has 0 spiro atoms. The van der Waals surface area contributed by atoms with Gasteiger partial charge in [-0.05, 0) is 55.9 Å². The third-order valence-corrected chi connectivity index (χ3v) is 8.93. The minimum absolute atomic E-state index is 0.167. The van der Waals surface area contributed by atoms with Gasteiger partial charge in [0.1, 0.15) is 0 Å². The van der Waals surface area contributed by atoms with Crippen LogP contribution in [0.3, 0.4) is 0 Å². The molecule has 0 radical (unpaired) electrons. The van der Waals surface area contributed by atoms with Crippen LogP contribution in [0.4, 0.5) is 0 Å². The summed E-state index contributed by atoms with van der Waals surface area (Å²) in [7, 11) is -6.64. The lowest BCUT2D eigenvalue weighted by atomic mass is 9.99. The van der Waals surface area contributed by atoms with Gasteiger partial charge in [-0.2, -0.15) is 0 Å². The van der Waals surface area contributed by atoms with Gasteiger partial charge in [0.2, 0.25) is 20.0 Å². The molecule has 0 aromatic heterocycles. The summed E-state index contributed by atoms with van der Waals surface area (Å²) in [6.45, 7) is 1.32. The largest absolute Gasteiger partial charge is 0.240 e. The normalized spacial score (nSPS) is 21.0. The molecule has 0 bridgehead atoms. The lowest BCUT2D eigenvalue weighted by Crippen LogP contribution is -2.42. The average Bonchev–Trinajstić information content (AvgIpc) is 3.39. The Balaban J connectivity index is 1.52. The van der Waals surface area contributed by atoms with Crippen LogP contribution in [-0.4, -0.2) is 46.0 Å². The van der Waals surface area contributed by atoms with Crippen molar-refractivity contribution in [2.24, 2.45) is 5.92 Å². The first-order valence-electron chi connectivity index (χ1n) is 8.03. The van der Waals surface area contributed by atoms with E-state index < -0.39 is 20.0 Å². The summed E-state index contributed by atoms with van der Waals surface area (Å²) in [5.41, 5.74) is 0. The lowest BCUT2D eigenvalue weighted by molar-refractivity contribution is 0.274. The van der Waals surface area contributed by atoms with Crippen molar-refractivity contribution < 1.29 is 16.8 Å². The van der Waals surface area contributed by atoms with E-state index in [-0.39, 0.29) is 16.1 Å². The fourth-order valence-electron chi connectivity index (χ4n) is 2.87. The molecule has 0 unspecified atom stereocenters. The van der Waals surface area contributed by atoms with E-state index in [1.807, 2.05) is 0 Å². The van der Waals surface area contributed by atoms with Gasteiger partial charge in [-0.1, -0.05) is 15.9 Å². The second-order valence-corrected chi connectivity index (χ2v) is 11.3. The Morgan fingerprint density at radius 2 is 1.58 bits per heavy atom. The number of hydrogen-bond donors (Lipinski definition) is 1. The minimum Gasteiger partial charge on any atom is -0.212 e. The Kier molecular flexibility index (Phi) is 5.36. The van der Waals surface area contributed by atoms with Gasteiger partial charge in [-0.15, -0.1) is 0 Å². The molecule has 1 aromatic rings. The molecule has 0 atom stereocenters. The third kappa shape index (κ3) is 4.19. The van der Waals surface area contributed by atoms with Gasteiger partial charge < -0.3 is 0 Å². The first kappa shape index (κ1) is 18.3. The maximum atomic E-state index is 12.3. The first-order valence-corrected chi connectivity index (χ1v) is 11.8. The molecular weight excluding hydrogens is 416 g/mol. The van der Waals surface area contributed by atoms with Crippen LogP contribution in [0.15, 0.2) is 33.6 Å². The molecule has 1 heterocycles. The van der Waals surface area contributed by atoms with Gasteiger partial charge in [-0.3, -0.25) is 0 Å². The summed E-state index contributed by atoms with van der Waals surface area (Å²) in [6, 6.07) is 6.49. The zero-order valence-corrected chi connectivity index (χ0v) is 16.4. The topological polar surface area (TPSA) is 83.6 Å². The fraction of sp³-hybridized carbons (Fsp3) is 0.600. The van der Waals surface area contributed by atoms with Crippen molar-refractivity contribution in [1.29, 1.82) is 0 Å². The van der Waals surface area contributed by atoms with Crippen molar-refractivity contribution in [3.05, 3.63) is 28.7 Å². The van der Waals surface area contributed by atoms with Gasteiger partial charge >= 0.3 is 0 Å². The predicted molar refractivity (Wildman–Crippen MR) is 95.6 cm³/mol. The molecule has 3 rings (SSSR count). The van der Waals surface area contributed by atoms with Gasteiger partial charge in [0.15, 0.2) is 0 Å². The van der Waals surface area contributed by atoms with Crippen molar-refractivity contribution in [2.45, 2.75) is 35.8 Å². The molecule has 1 aromatic carbocycles. The van der Waals surface area contributed by atoms with Crippen molar-refractivity contribution in [3.63, 3.8) is 0 Å². The molecule has 2 aliphatic rings. The van der Waals surface area contributed by atoms with E-state index in [1.54, 1.807) is 28.6 Å². The van der Waals surface area contributed by atoms with Crippen LogP contribution in [0.25, 0.3) is 0 Å². The zero-order chi connectivity index (χ0) is 17.4. The molecule has 1 N–H and O–H groups in total. The number of halogens is 1. The molecule has 6 nitrogen and oxygen atoms in total. The summed E-state index contributed by atoms with van der Waals surface area (Å²) in [5.74, 6) is 0.167. The molecule has 24 heavy (non-hydrogen) atoms. The minimum atomic E-state index is -3.52. The van der Waals surface area contributed by atoms with Crippen molar-refractivity contribution >= 4 is 36.0 Å². The zero-order valence-electron chi connectivity index (χ0n) is 13.2. The molecule has 1 aliphatic heterocycles. The van der Waals surface area contributed by atoms with Crippen LogP contribution in [-0.2, 0) is 20.0 Å². The average molecular weight is 437 g/mol. The highest BCUT2D eigenvalue weighted by molar-refractivity contribution is 9.10. The highest BCUT2D eigenvalue weighted by Gasteiger charge is 2.41. The predicted octanol–water partition coefficient (Wildman–Crippen LogP) is 1.93. The first-order chi connectivity index (χ1) is 11.3. The Labute approximate surface area is 151 Å². The standard InChI is InChI=1S/C15H21BrN2O4S2/c16-13-1-3-14(4-2-13)23(19,20)17-11-12-7-9-18(10-8-12)24(21,22)15-5-6-15/h1-4,12,15,17H,5-11H2. The van der Waals surface area contributed by atoms with Crippen molar-refractivity contribution in [1.82, 2.24) is 9.03 Å². The number of nitrogens with zero attached hydrogens (tertiary/aromatic N) is 1. The monoisotopic (exact) mass is 436 g/mol. The van der Waals surface area contributed by atoms with Crippen LogP contribution in [0, 0.1) is 5.92 Å². The van der Waals surface area contributed by atoms with E-state index in [0.717, 1.165) is 17.3 Å². The quantitative estimate of drug-likeness (QED) is 0.737. The van der Waals surface area contributed by atoms with Crippen molar-refractivity contribution in [2.75, 3.05) is 19.6 Å². The molecule has 1 aliphatic carbocycles. The summed E-state index contributed by atoms with van der Waals surface area (Å²) in [6.07, 6.45) is 2.92. The van der Waals surface area contributed by atoms with Gasteiger partial charge in [0, 0.05) is 24.1 Å². The molecule has 1 saturated heterocycles. The van der Waals surface area contributed by atoms with Crippen LogP contribution in [0.5, 0.6) is 0 Å². The van der Waals surface area contributed by atoms with Crippen molar-refractivity contribution in [3.8, 4) is 0 Å². The van der Waals surface area contributed by atoms with Crippen LogP contribution < -0.4 is 4.72 Å². The summed E-state index contributed by atoms with van der Waals surface area (Å²) < 4.78 is 54.0. The van der Waals surface area contributed by atoms with E-state index in [0.29, 0.717) is 32.5 Å². The smallest absolute Gasteiger partial charge is 0.212 e. The molecule has 0 amide bonds. The van der Waals surface area contributed by atoms with Crippen LogP contribution >= 0.6 is 15.9 Å². The summed E-state index contributed by atoms with van der Waals surface area (Å²) >= 11 is 3.28. The second kappa shape index (κ2) is 7.03.